The van der Waals surface area contributed by atoms with Crippen molar-refractivity contribution in [3.05, 3.63) is 75.6 Å². The Morgan fingerprint density at radius 2 is 1.68 bits per heavy atom. The van der Waals surface area contributed by atoms with Gasteiger partial charge in [0.05, 0.1) is 4.88 Å². The normalized spacial score (nSPS) is 12.9. The van der Waals surface area contributed by atoms with Crippen LogP contribution in [0.1, 0.15) is 52.5 Å². The Labute approximate surface area is 216 Å². The lowest BCUT2D eigenvalue weighted by Crippen LogP contribution is -2.23. The molecule has 0 aliphatic carbocycles. The van der Waals surface area contributed by atoms with Gasteiger partial charge in [0, 0.05) is 22.8 Å². The number of carbonyl (C=O) groups excluding carboxylic acids is 2. The number of benzene rings is 2. The lowest BCUT2D eigenvalue weighted by Gasteiger charge is -2.21. The molecule has 38 heavy (non-hydrogen) atoms. The second-order valence-electron chi connectivity index (χ2n) is 8.52. The van der Waals surface area contributed by atoms with Gasteiger partial charge in [-0.15, -0.1) is 11.3 Å². The van der Waals surface area contributed by atoms with E-state index in [0.29, 0.717) is 23.0 Å². The van der Waals surface area contributed by atoms with Crippen LogP contribution in [0.4, 0.5) is 32.0 Å². The number of aromatic nitrogens is 1. The van der Waals surface area contributed by atoms with Gasteiger partial charge < -0.3 is 15.0 Å². The zero-order valence-corrected chi connectivity index (χ0v) is 20.7. The molecule has 12 heteroatoms. The maximum absolute atomic E-state index is 14.0. The second-order valence-corrected chi connectivity index (χ2v) is 9.47. The highest BCUT2D eigenvalue weighted by Crippen LogP contribution is 2.48. The number of fused-ring (bicyclic) bond motifs is 1. The third-order valence-electron chi connectivity index (χ3n) is 5.96. The number of hydrogen-bond donors (Lipinski definition) is 2. The molecular weight excluding hydrogens is 534 g/mol. The molecule has 0 saturated heterocycles. The number of halogens is 6. The van der Waals surface area contributed by atoms with E-state index in [1.54, 1.807) is 6.20 Å². The van der Waals surface area contributed by atoms with Crippen LogP contribution < -0.4 is 10.1 Å². The van der Waals surface area contributed by atoms with Crippen molar-refractivity contribution in [2.45, 2.75) is 38.5 Å². The molecule has 0 radical (unpaired) electrons. The van der Waals surface area contributed by atoms with Crippen molar-refractivity contribution in [1.29, 1.82) is 0 Å². The van der Waals surface area contributed by atoms with E-state index in [4.69, 9.17) is 4.74 Å². The van der Waals surface area contributed by atoms with Gasteiger partial charge in [-0.1, -0.05) is 19.9 Å². The molecule has 2 aromatic carbocycles. The molecule has 2 heterocycles. The fourth-order valence-corrected chi connectivity index (χ4v) is 4.53. The van der Waals surface area contributed by atoms with Gasteiger partial charge in [0.2, 0.25) is 0 Å². The van der Waals surface area contributed by atoms with Gasteiger partial charge >= 0.3 is 12.4 Å². The van der Waals surface area contributed by atoms with Crippen molar-refractivity contribution >= 4 is 39.6 Å². The number of aromatic amines is 1. The average Bonchev–Trinajstić information content (AvgIpc) is 3.52. The maximum atomic E-state index is 14.0. The van der Waals surface area contributed by atoms with Gasteiger partial charge in [0.25, 0.3) is 11.7 Å². The lowest BCUT2D eigenvalue weighted by atomic mass is 9.98. The Bertz CT molecular complexity index is 1450. The SMILES string of the molecule is CCC(C)c1c[nH]c2ccc(Oc3c(C(F)(F)F)cc(NC(=O)C(=O)c4cccs4)cc3C(F)(F)F)cc12. The monoisotopic (exact) mass is 554 g/mol. The van der Waals surface area contributed by atoms with E-state index in [9.17, 15) is 35.9 Å². The summed E-state index contributed by atoms with van der Waals surface area (Å²) in [5.41, 5.74) is -2.89. The summed E-state index contributed by atoms with van der Waals surface area (Å²) in [5, 5.41) is 3.95. The number of ether oxygens (including phenoxy) is 1. The fraction of sp³-hybridized carbons (Fsp3) is 0.231. The van der Waals surface area contributed by atoms with Crippen molar-refractivity contribution in [2.75, 3.05) is 5.32 Å². The fourth-order valence-electron chi connectivity index (χ4n) is 3.87. The Morgan fingerprint density at radius 1 is 1.03 bits per heavy atom. The number of ketones is 1. The van der Waals surface area contributed by atoms with Gasteiger partial charge in [-0.25, -0.2) is 0 Å². The molecule has 1 unspecified atom stereocenters. The number of H-pyrrole nitrogens is 1. The number of alkyl halides is 6. The lowest BCUT2D eigenvalue weighted by molar-refractivity contribution is -0.145. The van der Waals surface area contributed by atoms with E-state index in [0.717, 1.165) is 23.3 Å². The van der Waals surface area contributed by atoms with E-state index < -0.39 is 46.6 Å². The standard InChI is InChI=1S/C26H20F6N2O3S/c1-3-13(2)17-12-33-20-7-6-15(11-16(17)20)37-23-18(25(27,28)29)9-14(10-19(23)26(30,31)32)34-24(36)22(35)21-5-4-8-38-21/h4-13,33H,3H2,1-2H3,(H,34,36). The number of hydrogen-bond acceptors (Lipinski definition) is 4. The van der Waals surface area contributed by atoms with Gasteiger partial charge in [-0.05, 0) is 59.7 Å². The van der Waals surface area contributed by atoms with Crippen LogP contribution in [0, 0.1) is 0 Å². The molecule has 0 saturated carbocycles. The van der Waals surface area contributed by atoms with Crippen molar-refractivity contribution in [2.24, 2.45) is 0 Å². The third-order valence-corrected chi connectivity index (χ3v) is 6.83. The molecular formula is C26H20F6N2O3S. The molecule has 0 aliphatic rings. The second kappa shape index (κ2) is 10.2. The van der Waals surface area contributed by atoms with E-state index in [2.05, 4.69) is 4.98 Å². The molecule has 0 aliphatic heterocycles. The van der Waals surface area contributed by atoms with Crippen molar-refractivity contribution in [3.8, 4) is 11.5 Å². The van der Waals surface area contributed by atoms with E-state index in [-0.39, 0.29) is 16.5 Å². The number of carbonyl (C=O) groups is 2. The van der Waals surface area contributed by atoms with Gasteiger partial charge in [-0.2, -0.15) is 26.3 Å². The molecule has 4 rings (SSSR count). The highest BCUT2D eigenvalue weighted by molar-refractivity contribution is 7.13. The Balaban J connectivity index is 1.79. The van der Waals surface area contributed by atoms with Crippen LogP contribution in [0.25, 0.3) is 10.9 Å². The van der Waals surface area contributed by atoms with E-state index in [1.807, 2.05) is 19.2 Å². The molecule has 1 amide bonds. The summed E-state index contributed by atoms with van der Waals surface area (Å²) in [4.78, 5) is 27.5. The van der Waals surface area contributed by atoms with Gasteiger partial charge in [0.15, 0.2) is 5.75 Å². The van der Waals surface area contributed by atoms with Crippen LogP contribution in [0.2, 0.25) is 0 Å². The first kappa shape index (κ1) is 27.2. The topological polar surface area (TPSA) is 71.2 Å². The minimum Gasteiger partial charge on any atom is -0.456 e. The predicted molar refractivity (Wildman–Crippen MR) is 131 cm³/mol. The molecule has 1 atom stereocenters. The number of amides is 1. The van der Waals surface area contributed by atoms with Crippen LogP contribution in [0.5, 0.6) is 11.5 Å². The predicted octanol–water partition coefficient (Wildman–Crippen LogP) is 8.39. The summed E-state index contributed by atoms with van der Waals surface area (Å²) in [6.45, 7) is 3.89. The molecule has 4 aromatic rings. The zero-order valence-electron chi connectivity index (χ0n) is 19.9. The summed E-state index contributed by atoms with van der Waals surface area (Å²) in [6, 6.07) is 7.53. The van der Waals surface area contributed by atoms with Crippen LogP contribution >= 0.6 is 11.3 Å². The van der Waals surface area contributed by atoms with Crippen LogP contribution in [0.15, 0.2) is 54.0 Å². The molecule has 2 N–H and O–H groups in total. The Kier molecular flexibility index (Phi) is 7.29. The van der Waals surface area contributed by atoms with Crippen molar-refractivity contribution in [3.63, 3.8) is 0 Å². The van der Waals surface area contributed by atoms with Crippen molar-refractivity contribution < 1.29 is 40.7 Å². The quantitative estimate of drug-likeness (QED) is 0.137. The highest BCUT2D eigenvalue weighted by Gasteiger charge is 2.43. The zero-order chi connectivity index (χ0) is 27.8. The smallest absolute Gasteiger partial charge is 0.420 e. The summed E-state index contributed by atoms with van der Waals surface area (Å²) >= 11 is 0.901. The first-order valence-corrected chi connectivity index (χ1v) is 12.2. The highest BCUT2D eigenvalue weighted by atomic mass is 32.1. The molecule has 0 fully saturated rings. The van der Waals surface area contributed by atoms with Gasteiger partial charge in [0.1, 0.15) is 16.9 Å². The first-order chi connectivity index (χ1) is 17.8. The van der Waals surface area contributed by atoms with Crippen LogP contribution in [0.3, 0.4) is 0 Å². The van der Waals surface area contributed by atoms with E-state index in [1.165, 1.54) is 35.7 Å². The van der Waals surface area contributed by atoms with Gasteiger partial charge in [-0.3, -0.25) is 9.59 Å². The summed E-state index contributed by atoms with van der Waals surface area (Å²) in [6.07, 6.45) is -8.07. The van der Waals surface area contributed by atoms with Crippen LogP contribution in [-0.4, -0.2) is 16.7 Å². The Morgan fingerprint density at radius 3 is 2.24 bits per heavy atom. The molecule has 2 aromatic heterocycles. The molecule has 5 nitrogen and oxygen atoms in total. The number of nitrogens with one attached hydrogen (secondary N) is 2. The minimum absolute atomic E-state index is 0.0218. The minimum atomic E-state index is -5.28. The van der Waals surface area contributed by atoms with Crippen LogP contribution in [-0.2, 0) is 17.1 Å². The first-order valence-electron chi connectivity index (χ1n) is 11.3. The third kappa shape index (κ3) is 5.54. The number of rotatable bonds is 7. The van der Waals surface area contributed by atoms with E-state index >= 15 is 0 Å². The number of anilines is 1. The molecule has 0 bridgehead atoms. The average molecular weight is 555 g/mol. The molecule has 0 spiro atoms. The number of thiophene rings is 1. The largest absolute Gasteiger partial charge is 0.456 e. The Hall–Kier alpha value is -3.80. The maximum Gasteiger partial charge on any atom is 0.420 e. The van der Waals surface area contributed by atoms with Crippen molar-refractivity contribution in [1.82, 2.24) is 4.98 Å². The molecule has 200 valence electrons. The number of Topliss-reactive ketones (excluding diaryl/α,β-unsaturated/α-hetero) is 1. The summed E-state index contributed by atoms with van der Waals surface area (Å²) in [7, 11) is 0. The summed E-state index contributed by atoms with van der Waals surface area (Å²) < 4.78 is 89.3. The summed E-state index contributed by atoms with van der Waals surface area (Å²) in [5.74, 6) is -4.10.